The maximum Gasteiger partial charge on any atom is 0.246 e. The van der Waals surface area contributed by atoms with Gasteiger partial charge >= 0.3 is 0 Å². The summed E-state index contributed by atoms with van der Waals surface area (Å²) in [6.07, 6.45) is 4.04. The fourth-order valence-electron chi connectivity index (χ4n) is 3.15. The first-order valence-electron chi connectivity index (χ1n) is 8.57. The SMILES string of the molecule is CC1CN(C(=O)/C=C/c2ccc(N3CCCS3(=O)=O)cc2)C(C)CO1. The molecule has 2 unspecified atom stereocenters. The number of morpholine rings is 1. The zero-order valence-corrected chi connectivity index (χ0v) is 15.4. The summed E-state index contributed by atoms with van der Waals surface area (Å²) in [5.41, 5.74) is 1.54. The van der Waals surface area contributed by atoms with Crippen LogP contribution in [0.25, 0.3) is 6.08 Å². The molecule has 0 spiro atoms. The highest BCUT2D eigenvalue weighted by Crippen LogP contribution is 2.24. The van der Waals surface area contributed by atoms with E-state index < -0.39 is 10.0 Å². The van der Waals surface area contributed by atoms with Gasteiger partial charge in [-0.1, -0.05) is 12.1 Å². The molecule has 0 N–H and O–H groups in total. The zero-order valence-electron chi connectivity index (χ0n) is 14.6. The minimum absolute atomic E-state index is 0.0335. The maximum atomic E-state index is 12.4. The quantitative estimate of drug-likeness (QED) is 0.768. The number of anilines is 1. The van der Waals surface area contributed by atoms with Crippen LogP contribution in [0, 0.1) is 0 Å². The van der Waals surface area contributed by atoms with Gasteiger partial charge in [0.1, 0.15) is 0 Å². The van der Waals surface area contributed by atoms with Crippen LogP contribution >= 0.6 is 0 Å². The molecule has 0 bridgehead atoms. The average Bonchev–Trinajstić information content (AvgIpc) is 2.94. The summed E-state index contributed by atoms with van der Waals surface area (Å²) in [7, 11) is -3.16. The van der Waals surface area contributed by atoms with Crippen LogP contribution in [0.15, 0.2) is 30.3 Å². The van der Waals surface area contributed by atoms with Crippen LogP contribution in [0.3, 0.4) is 0 Å². The number of nitrogens with zero attached hydrogens (tertiary/aromatic N) is 2. The fourth-order valence-corrected chi connectivity index (χ4v) is 4.72. The summed E-state index contributed by atoms with van der Waals surface area (Å²) in [6, 6.07) is 7.30. The van der Waals surface area contributed by atoms with Crippen molar-refractivity contribution in [3.05, 3.63) is 35.9 Å². The molecule has 2 atom stereocenters. The highest BCUT2D eigenvalue weighted by molar-refractivity contribution is 7.93. The lowest BCUT2D eigenvalue weighted by atomic mass is 10.1. The average molecular weight is 364 g/mol. The van der Waals surface area contributed by atoms with E-state index in [0.29, 0.717) is 31.8 Å². The third-order valence-corrected chi connectivity index (χ3v) is 6.46. The smallest absolute Gasteiger partial charge is 0.246 e. The van der Waals surface area contributed by atoms with Crippen LogP contribution in [-0.2, 0) is 19.6 Å². The fraction of sp³-hybridized carbons (Fsp3) is 0.500. The van der Waals surface area contributed by atoms with Crippen LogP contribution in [0.5, 0.6) is 0 Å². The predicted molar refractivity (Wildman–Crippen MR) is 97.8 cm³/mol. The van der Waals surface area contributed by atoms with Crippen molar-refractivity contribution < 1.29 is 17.9 Å². The van der Waals surface area contributed by atoms with Crippen molar-refractivity contribution in [3.63, 3.8) is 0 Å². The largest absolute Gasteiger partial charge is 0.375 e. The van der Waals surface area contributed by atoms with E-state index >= 15 is 0 Å². The first-order valence-corrected chi connectivity index (χ1v) is 10.2. The highest BCUT2D eigenvalue weighted by atomic mass is 32.2. The van der Waals surface area contributed by atoms with Gasteiger partial charge in [-0.05, 0) is 44.0 Å². The maximum absolute atomic E-state index is 12.4. The second-order valence-corrected chi connectivity index (χ2v) is 8.66. The second-order valence-electron chi connectivity index (χ2n) is 6.65. The lowest BCUT2D eigenvalue weighted by molar-refractivity contribution is -0.137. The molecule has 2 aliphatic heterocycles. The predicted octanol–water partition coefficient (Wildman–Crippen LogP) is 1.88. The van der Waals surface area contributed by atoms with Gasteiger partial charge in [-0.15, -0.1) is 0 Å². The first kappa shape index (κ1) is 17.9. The summed E-state index contributed by atoms with van der Waals surface area (Å²) in [4.78, 5) is 14.2. The van der Waals surface area contributed by atoms with Gasteiger partial charge in [-0.25, -0.2) is 8.42 Å². The number of sulfonamides is 1. The molecule has 0 aliphatic carbocycles. The van der Waals surface area contributed by atoms with Crippen LogP contribution in [0.4, 0.5) is 5.69 Å². The Hall–Kier alpha value is -1.86. The normalized spacial score (nSPS) is 26.3. The third kappa shape index (κ3) is 4.04. The Balaban J connectivity index is 1.67. The summed E-state index contributed by atoms with van der Waals surface area (Å²) in [5.74, 6) is 0.174. The molecular weight excluding hydrogens is 340 g/mol. The minimum Gasteiger partial charge on any atom is -0.375 e. The molecule has 2 heterocycles. The Morgan fingerprint density at radius 2 is 1.96 bits per heavy atom. The number of carbonyl (C=O) groups is 1. The Bertz CT molecular complexity index is 758. The van der Waals surface area contributed by atoms with Gasteiger partial charge in [-0.3, -0.25) is 9.10 Å². The number of rotatable bonds is 3. The van der Waals surface area contributed by atoms with Gasteiger partial charge in [0, 0.05) is 19.2 Å². The van der Waals surface area contributed by atoms with Crippen LogP contribution in [0.2, 0.25) is 0 Å². The molecule has 3 rings (SSSR count). The molecule has 6 nitrogen and oxygen atoms in total. The molecule has 25 heavy (non-hydrogen) atoms. The molecule has 1 aromatic carbocycles. The van der Waals surface area contributed by atoms with Crippen molar-refractivity contribution in [1.29, 1.82) is 0 Å². The standard InChI is InChI=1S/C18H24N2O4S/c1-14-13-24-15(2)12-19(14)18(21)9-6-16-4-7-17(8-5-16)20-10-3-11-25(20,22)23/h4-9,14-15H,3,10-13H2,1-2H3/b9-6+. The van der Waals surface area contributed by atoms with Crippen LogP contribution < -0.4 is 4.31 Å². The van der Waals surface area contributed by atoms with E-state index in [-0.39, 0.29) is 23.8 Å². The van der Waals surface area contributed by atoms with E-state index in [9.17, 15) is 13.2 Å². The van der Waals surface area contributed by atoms with Crippen molar-refractivity contribution in [2.24, 2.45) is 0 Å². The number of carbonyl (C=O) groups excluding carboxylic acids is 1. The number of benzene rings is 1. The van der Waals surface area contributed by atoms with Gasteiger partial charge in [0.05, 0.1) is 30.2 Å². The highest BCUT2D eigenvalue weighted by Gasteiger charge is 2.28. The molecule has 0 saturated carbocycles. The number of ether oxygens (including phenoxy) is 1. The van der Waals surface area contributed by atoms with Crippen molar-refractivity contribution in [1.82, 2.24) is 4.90 Å². The zero-order chi connectivity index (χ0) is 18.0. The summed E-state index contributed by atoms with van der Waals surface area (Å²) < 4.78 is 30.9. The monoisotopic (exact) mass is 364 g/mol. The Morgan fingerprint density at radius 3 is 2.60 bits per heavy atom. The van der Waals surface area contributed by atoms with Crippen molar-refractivity contribution >= 4 is 27.7 Å². The van der Waals surface area contributed by atoms with Crippen LogP contribution in [0.1, 0.15) is 25.8 Å². The van der Waals surface area contributed by atoms with E-state index in [1.54, 1.807) is 24.3 Å². The van der Waals surface area contributed by atoms with E-state index in [4.69, 9.17) is 4.74 Å². The molecule has 2 aliphatic rings. The molecule has 2 fully saturated rings. The molecular formula is C18H24N2O4S. The summed E-state index contributed by atoms with van der Waals surface area (Å²) in [5, 5.41) is 0. The Kier molecular flexibility index (Phi) is 5.15. The summed E-state index contributed by atoms with van der Waals surface area (Å²) >= 11 is 0. The molecule has 136 valence electrons. The van der Waals surface area contributed by atoms with Crippen molar-refractivity contribution in [2.75, 3.05) is 29.8 Å². The topological polar surface area (TPSA) is 66.9 Å². The first-order chi connectivity index (χ1) is 11.9. The van der Waals surface area contributed by atoms with Gasteiger partial charge in [0.25, 0.3) is 0 Å². The third-order valence-electron chi connectivity index (χ3n) is 4.59. The van der Waals surface area contributed by atoms with Gasteiger partial charge < -0.3 is 9.64 Å². The Morgan fingerprint density at radius 1 is 1.24 bits per heavy atom. The molecule has 0 aromatic heterocycles. The molecule has 1 aromatic rings. The molecule has 7 heteroatoms. The number of amides is 1. The van der Waals surface area contributed by atoms with E-state index in [2.05, 4.69) is 0 Å². The van der Waals surface area contributed by atoms with E-state index in [1.165, 1.54) is 4.31 Å². The molecule has 2 saturated heterocycles. The van der Waals surface area contributed by atoms with E-state index in [1.807, 2.05) is 30.9 Å². The summed E-state index contributed by atoms with van der Waals surface area (Å²) in [6.45, 7) is 5.61. The van der Waals surface area contributed by atoms with Gasteiger partial charge in [0.2, 0.25) is 15.9 Å². The number of hydrogen-bond acceptors (Lipinski definition) is 4. The van der Waals surface area contributed by atoms with E-state index in [0.717, 1.165) is 5.56 Å². The molecule has 1 amide bonds. The molecule has 0 radical (unpaired) electrons. The van der Waals surface area contributed by atoms with Gasteiger partial charge in [-0.2, -0.15) is 0 Å². The van der Waals surface area contributed by atoms with Crippen molar-refractivity contribution in [2.45, 2.75) is 32.4 Å². The van der Waals surface area contributed by atoms with Crippen LogP contribution in [-0.4, -0.2) is 56.8 Å². The Labute approximate surface area is 149 Å². The second kappa shape index (κ2) is 7.17. The van der Waals surface area contributed by atoms with Gasteiger partial charge in [0.15, 0.2) is 0 Å². The minimum atomic E-state index is -3.16. The van der Waals surface area contributed by atoms with Crippen molar-refractivity contribution in [3.8, 4) is 0 Å². The lowest BCUT2D eigenvalue weighted by Crippen LogP contribution is -2.49. The number of hydrogen-bond donors (Lipinski definition) is 0. The lowest BCUT2D eigenvalue weighted by Gasteiger charge is -2.36.